The molecule has 0 saturated carbocycles. The van der Waals surface area contributed by atoms with Crippen molar-refractivity contribution in [3.63, 3.8) is 0 Å². The van der Waals surface area contributed by atoms with Gasteiger partial charge in [-0.25, -0.2) is 4.98 Å². The Balaban J connectivity index is 1.32. The van der Waals surface area contributed by atoms with Crippen molar-refractivity contribution in [2.24, 2.45) is 0 Å². The van der Waals surface area contributed by atoms with Gasteiger partial charge in [-0.15, -0.1) is 11.3 Å². The lowest BCUT2D eigenvalue weighted by Gasteiger charge is -2.18. The zero-order valence-electron chi connectivity index (χ0n) is 16.4. The zero-order chi connectivity index (χ0) is 19.6. The predicted molar refractivity (Wildman–Crippen MR) is 119 cm³/mol. The van der Waals surface area contributed by atoms with E-state index in [2.05, 4.69) is 63.5 Å². The minimum atomic E-state index is 0.458. The molecule has 1 aromatic carbocycles. The fourth-order valence-electron chi connectivity index (χ4n) is 4.15. The largest absolute Gasteiger partial charge is 0.331 e. The van der Waals surface area contributed by atoms with Crippen LogP contribution in [0.1, 0.15) is 29.3 Å². The third-order valence-electron chi connectivity index (χ3n) is 5.48. The van der Waals surface area contributed by atoms with E-state index in [4.69, 9.17) is 4.98 Å². The van der Waals surface area contributed by atoms with Gasteiger partial charge in [0, 0.05) is 59.2 Å². The van der Waals surface area contributed by atoms with Gasteiger partial charge in [0.2, 0.25) is 0 Å². The van der Waals surface area contributed by atoms with E-state index in [-0.39, 0.29) is 0 Å². The number of fused-ring (bicyclic) bond motifs is 1. The van der Waals surface area contributed by atoms with E-state index in [1.54, 1.807) is 11.3 Å². The number of thiazole rings is 1. The molecule has 4 heterocycles. The molecule has 1 fully saturated rings. The number of nitrogens with zero attached hydrogens (tertiary/aromatic N) is 4. The lowest BCUT2D eigenvalue weighted by Crippen LogP contribution is -2.20. The standard InChI is InChI=1S/C23H23N5S/c1-16-12-19(27-23-25-9-11-29-23)13-22(26-16)18-7-10-28(15-18)14-17-4-2-6-21-20(17)5-3-8-24-21/h2-6,8-9,11-13,18H,7,10,14-15H2,1H3,(H,25,26,27). The topological polar surface area (TPSA) is 53.9 Å². The summed E-state index contributed by atoms with van der Waals surface area (Å²) in [4.78, 5) is 16.2. The summed E-state index contributed by atoms with van der Waals surface area (Å²) in [7, 11) is 0. The van der Waals surface area contributed by atoms with Crippen LogP contribution in [0.2, 0.25) is 0 Å². The third-order valence-corrected chi connectivity index (χ3v) is 6.17. The van der Waals surface area contributed by atoms with Gasteiger partial charge in [0.15, 0.2) is 5.13 Å². The van der Waals surface area contributed by atoms with E-state index >= 15 is 0 Å². The van der Waals surface area contributed by atoms with Gasteiger partial charge in [0.25, 0.3) is 0 Å². The first-order chi connectivity index (χ1) is 14.2. The van der Waals surface area contributed by atoms with Crippen molar-refractivity contribution in [2.45, 2.75) is 25.8 Å². The Bertz CT molecular complexity index is 1120. The van der Waals surface area contributed by atoms with Crippen molar-refractivity contribution < 1.29 is 0 Å². The number of aromatic nitrogens is 3. The van der Waals surface area contributed by atoms with Crippen LogP contribution in [0.3, 0.4) is 0 Å². The minimum Gasteiger partial charge on any atom is -0.331 e. The van der Waals surface area contributed by atoms with Crippen molar-refractivity contribution >= 4 is 33.1 Å². The Kier molecular flexibility index (Phi) is 4.96. The van der Waals surface area contributed by atoms with Crippen LogP contribution in [0.5, 0.6) is 0 Å². The highest BCUT2D eigenvalue weighted by Gasteiger charge is 2.25. The van der Waals surface area contributed by atoms with Crippen LogP contribution in [0.4, 0.5) is 10.8 Å². The summed E-state index contributed by atoms with van der Waals surface area (Å²) in [5, 5.41) is 7.56. The molecule has 4 aromatic rings. The number of likely N-dealkylation sites (tertiary alicyclic amines) is 1. The van der Waals surface area contributed by atoms with E-state index in [1.165, 1.54) is 16.6 Å². The summed E-state index contributed by atoms with van der Waals surface area (Å²) in [6.07, 6.45) is 4.81. The molecular formula is C23H23N5S. The van der Waals surface area contributed by atoms with Gasteiger partial charge in [-0.05, 0) is 49.7 Å². The number of aryl methyl sites for hydroxylation is 1. The molecule has 0 amide bonds. The van der Waals surface area contributed by atoms with Crippen LogP contribution in [0.25, 0.3) is 10.9 Å². The van der Waals surface area contributed by atoms with E-state index < -0.39 is 0 Å². The number of hydrogen-bond acceptors (Lipinski definition) is 6. The van der Waals surface area contributed by atoms with Crippen LogP contribution in [0.15, 0.2) is 60.2 Å². The molecule has 1 aliphatic rings. The van der Waals surface area contributed by atoms with E-state index in [1.807, 2.05) is 23.8 Å². The highest BCUT2D eigenvalue weighted by atomic mass is 32.1. The molecular weight excluding hydrogens is 378 g/mol. The Morgan fingerprint density at radius 3 is 3.00 bits per heavy atom. The van der Waals surface area contributed by atoms with Crippen molar-refractivity contribution in [1.82, 2.24) is 19.9 Å². The number of benzene rings is 1. The molecule has 0 radical (unpaired) electrons. The molecule has 0 bridgehead atoms. The van der Waals surface area contributed by atoms with Crippen molar-refractivity contribution in [2.75, 3.05) is 18.4 Å². The van der Waals surface area contributed by atoms with Crippen LogP contribution in [-0.2, 0) is 6.54 Å². The molecule has 0 aliphatic carbocycles. The predicted octanol–water partition coefficient (Wildman–Crippen LogP) is 5.13. The first kappa shape index (κ1) is 18.2. The Morgan fingerprint density at radius 2 is 2.10 bits per heavy atom. The fraction of sp³-hybridized carbons (Fsp3) is 0.261. The Labute approximate surface area is 174 Å². The van der Waals surface area contributed by atoms with E-state index in [0.717, 1.165) is 48.1 Å². The lowest BCUT2D eigenvalue weighted by molar-refractivity contribution is 0.327. The van der Waals surface area contributed by atoms with Gasteiger partial charge in [-0.3, -0.25) is 14.9 Å². The van der Waals surface area contributed by atoms with E-state index in [9.17, 15) is 0 Å². The first-order valence-electron chi connectivity index (χ1n) is 9.95. The van der Waals surface area contributed by atoms with Crippen LogP contribution in [0, 0.1) is 6.92 Å². The molecule has 5 rings (SSSR count). The van der Waals surface area contributed by atoms with Crippen molar-refractivity contribution in [3.05, 3.63) is 77.2 Å². The maximum absolute atomic E-state index is 4.84. The quantitative estimate of drug-likeness (QED) is 0.502. The highest BCUT2D eigenvalue weighted by Crippen LogP contribution is 2.31. The van der Waals surface area contributed by atoms with Crippen LogP contribution in [-0.4, -0.2) is 32.9 Å². The number of pyridine rings is 2. The summed E-state index contributed by atoms with van der Waals surface area (Å²) in [6.45, 7) is 5.14. The Morgan fingerprint density at radius 1 is 1.14 bits per heavy atom. The lowest BCUT2D eigenvalue weighted by atomic mass is 10.0. The molecule has 29 heavy (non-hydrogen) atoms. The molecule has 1 saturated heterocycles. The second-order valence-electron chi connectivity index (χ2n) is 7.59. The second-order valence-corrected chi connectivity index (χ2v) is 8.49. The summed E-state index contributed by atoms with van der Waals surface area (Å²) >= 11 is 1.61. The number of hydrogen-bond donors (Lipinski definition) is 1. The number of rotatable bonds is 5. The van der Waals surface area contributed by atoms with Crippen LogP contribution < -0.4 is 5.32 Å². The summed E-state index contributed by atoms with van der Waals surface area (Å²) in [5.74, 6) is 0.458. The van der Waals surface area contributed by atoms with Gasteiger partial charge < -0.3 is 5.32 Å². The maximum Gasteiger partial charge on any atom is 0.187 e. The smallest absolute Gasteiger partial charge is 0.187 e. The molecule has 1 aliphatic heterocycles. The summed E-state index contributed by atoms with van der Waals surface area (Å²) < 4.78 is 0. The van der Waals surface area contributed by atoms with Crippen LogP contribution >= 0.6 is 11.3 Å². The van der Waals surface area contributed by atoms with Crippen molar-refractivity contribution in [1.29, 1.82) is 0 Å². The molecule has 1 unspecified atom stereocenters. The third kappa shape index (κ3) is 3.99. The molecule has 3 aromatic heterocycles. The molecule has 5 nitrogen and oxygen atoms in total. The maximum atomic E-state index is 4.84. The molecule has 0 spiro atoms. The van der Waals surface area contributed by atoms with Gasteiger partial charge in [0.05, 0.1) is 5.52 Å². The SMILES string of the molecule is Cc1cc(Nc2nccs2)cc(C2CCN(Cc3cccc4ncccc34)C2)n1. The van der Waals surface area contributed by atoms with Gasteiger partial charge >= 0.3 is 0 Å². The number of anilines is 2. The average Bonchev–Trinajstić information content (AvgIpc) is 3.40. The van der Waals surface area contributed by atoms with Gasteiger partial charge in [-0.2, -0.15) is 0 Å². The minimum absolute atomic E-state index is 0.458. The van der Waals surface area contributed by atoms with Gasteiger partial charge in [0.1, 0.15) is 0 Å². The van der Waals surface area contributed by atoms with E-state index in [0.29, 0.717) is 5.92 Å². The molecule has 6 heteroatoms. The zero-order valence-corrected chi connectivity index (χ0v) is 17.2. The average molecular weight is 402 g/mol. The summed E-state index contributed by atoms with van der Waals surface area (Å²) in [6, 6.07) is 14.9. The molecule has 1 atom stereocenters. The monoisotopic (exact) mass is 401 g/mol. The highest BCUT2D eigenvalue weighted by molar-refractivity contribution is 7.13. The fourth-order valence-corrected chi connectivity index (χ4v) is 4.70. The number of nitrogens with one attached hydrogen (secondary N) is 1. The summed E-state index contributed by atoms with van der Waals surface area (Å²) in [5.41, 5.74) is 5.70. The normalized spacial score (nSPS) is 17.1. The molecule has 1 N–H and O–H groups in total. The molecule has 146 valence electrons. The van der Waals surface area contributed by atoms with Gasteiger partial charge in [-0.1, -0.05) is 18.2 Å². The Hall–Kier alpha value is -2.83. The van der Waals surface area contributed by atoms with Crippen molar-refractivity contribution in [3.8, 4) is 0 Å². The second kappa shape index (κ2) is 7.89. The first-order valence-corrected chi connectivity index (χ1v) is 10.8.